The number of hydrogen-bond acceptors (Lipinski definition) is 6. The molecule has 1 aliphatic rings. The molecule has 0 radical (unpaired) electrons. The summed E-state index contributed by atoms with van der Waals surface area (Å²) >= 11 is 3.37. The topological polar surface area (TPSA) is 122 Å². The summed E-state index contributed by atoms with van der Waals surface area (Å²) in [5.41, 5.74) is 2.42. The number of benzene rings is 3. The van der Waals surface area contributed by atoms with E-state index >= 15 is 0 Å². The molecule has 4 rings (SSSR count). The summed E-state index contributed by atoms with van der Waals surface area (Å²) in [6.45, 7) is 2.05. The van der Waals surface area contributed by atoms with Crippen molar-refractivity contribution >= 4 is 49.4 Å². The zero-order valence-corrected chi connectivity index (χ0v) is 25.0. The molecule has 2 atom stereocenters. The van der Waals surface area contributed by atoms with Gasteiger partial charge in [-0.25, -0.2) is 13.2 Å². The molecule has 0 aromatic heterocycles. The number of sulfonamides is 1. The normalized spacial score (nSPS) is 16.1. The van der Waals surface area contributed by atoms with Crippen LogP contribution in [-0.2, 0) is 36.5 Å². The molecule has 2 amide bonds. The minimum absolute atomic E-state index is 0.131. The van der Waals surface area contributed by atoms with Crippen molar-refractivity contribution in [2.45, 2.75) is 44.0 Å². The van der Waals surface area contributed by atoms with Crippen molar-refractivity contribution in [3.8, 4) is 0 Å². The van der Waals surface area contributed by atoms with Crippen molar-refractivity contribution in [1.29, 1.82) is 0 Å². The summed E-state index contributed by atoms with van der Waals surface area (Å²) in [5.74, 6) is -1.62. The SMILES string of the molecule is CCOC(=O)[C@H](Cc1ccc(NC(=O)c2ccccc2Br)cc1)NC(=O)[C@@H]1CCCN1S(=O)(=O)Cc1ccccc1. The van der Waals surface area contributed by atoms with Crippen molar-refractivity contribution in [1.82, 2.24) is 9.62 Å². The number of ether oxygens (including phenoxy) is 1. The second-order valence-corrected chi connectivity index (χ2v) is 12.4. The molecule has 2 N–H and O–H groups in total. The van der Waals surface area contributed by atoms with Gasteiger partial charge in [-0.2, -0.15) is 4.31 Å². The Morgan fingerprint density at radius 2 is 1.66 bits per heavy atom. The van der Waals surface area contributed by atoms with Crippen molar-refractivity contribution in [3.05, 3.63) is 100 Å². The van der Waals surface area contributed by atoms with Gasteiger partial charge >= 0.3 is 5.97 Å². The third-order valence-corrected chi connectivity index (χ3v) is 9.25. The molecule has 1 heterocycles. The number of amides is 2. The third kappa shape index (κ3) is 8.02. The Morgan fingerprint density at radius 3 is 2.34 bits per heavy atom. The number of hydrogen-bond donors (Lipinski definition) is 2. The van der Waals surface area contributed by atoms with Gasteiger partial charge in [-0.3, -0.25) is 9.59 Å². The zero-order valence-electron chi connectivity index (χ0n) is 22.6. The molecule has 1 fully saturated rings. The largest absolute Gasteiger partial charge is 0.464 e. The number of anilines is 1. The maximum absolute atomic E-state index is 13.3. The summed E-state index contributed by atoms with van der Waals surface area (Å²) in [6, 6.07) is 20.9. The molecule has 11 heteroatoms. The van der Waals surface area contributed by atoms with E-state index in [1.807, 2.05) is 12.1 Å². The van der Waals surface area contributed by atoms with Crippen molar-refractivity contribution in [3.63, 3.8) is 0 Å². The Hall–Kier alpha value is -3.54. The molecule has 41 heavy (non-hydrogen) atoms. The highest BCUT2D eigenvalue weighted by molar-refractivity contribution is 9.10. The number of carbonyl (C=O) groups excluding carboxylic acids is 3. The fraction of sp³-hybridized carbons (Fsp3) is 0.300. The molecule has 3 aromatic carbocycles. The number of nitrogens with one attached hydrogen (secondary N) is 2. The molecule has 0 unspecified atom stereocenters. The van der Waals surface area contributed by atoms with E-state index in [2.05, 4.69) is 26.6 Å². The highest BCUT2D eigenvalue weighted by atomic mass is 79.9. The average Bonchev–Trinajstić information content (AvgIpc) is 3.46. The summed E-state index contributed by atoms with van der Waals surface area (Å²) in [7, 11) is -3.75. The zero-order chi connectivity index (χ0) is 29.4. The fourth-order valence-corrected chi connectivity index (χ4v) is 6.95. The summed E-state index contributed by atoms with van der Waals surface area (Å²) in [4.78, 5) is 38.7. The number of carbonyl (C=O) groups is 3. The van der Waals surface area contributed by atoms with Gasteiger partial charge in [0.05, 0.1) is 17.9 Å². The van der Waals surface area contributed by atoms with Crippen LogP contribution in [0.25, 0.3) is 0 Å². The molecule has 1 aliphatic heterocycles. The molecular formula is C30H32BrN3O6S. The minimum atomic E-state index is -3.75. The lowest BCUT2D eigenvalue weighted by molar-refractivity contribution is -0.147. The summed E-state index contributed by atoms with van der Waals surface area (Å²) < 4.78 is 33.5. The van der Waals surface area contributed by atoms with Crippen molar-refractivity contribution < 1.29 is 27.5 Å². The quantitative estimate of drug-likeness (QED) is 0.301. The second-order valence-electron chi connectivity index (χ2n) is 9.66. The third-order valence-electron chi connectivity index (χ3n) is 6.71. The highest BCUT2D eigenvalue weighted by Gasteiger charge is 2.40. The molecule has 216 valence electrons. The van der Waals surface area contributed by atoms with Crippen LogP contribution >= 0.6 is 15.9 Å². The lowest BCUT2D eigenvalue weighted by Gasteiger charge is -2.25. The van der Waals surface area contributed by atoms with E-state index in [-0.39, 0.29) is 31.2 Å². The second kappa shape index (κ2) is 13.9. The summed E-state index contributed by atoms with van der Waals surface area (Å²) in [6.07, 6.45) is 1.04. The minimum Gasteiger partial charge on any atom is -0.464 e. The van der Waals surface area contributed by atoms with Crippen LogP contribution in [0.15, 0.2) is 83.3 Å². The first-order valence-corrected chi connectivity index (χ1v) is 15.7. The van der Waals surface area contributed by atoms with Gasteiger partial charge in [-0.15, -0.1) is 0 Å². The van der Waals surface area contributed by atoms with Gasteiger partial charge in [0.1, 0.15) is 12.1 Å². The Balaban J connectivity index is 1.43. The number of halogens is 1. The number of rotatable bonds is 11. The van der Waals surface area contributed by atoms with Crippen LogP contribution in [-0.4, -0.2) is 55.7 Å². The molecule has 0 bridgehead atoms. The van der Waals surface area contributed by atoms with Gasteiger partial charge in [-0.1, -0.05) is 54.6 Å². The first kappa shape index (κ1) is 30.4. The molecule has 0 aliphatic carbocycles. The maximum atomic E-state index is 13.3. The van der Waals surface area contributed by atoms with Gasteiger partial charge < -0.3 is 15.4 Å². The van der Waals surface area contributed by atoms with Gasteiger partial charge in [0.25, 0.3) is 5.91 Å². The van der Waals surface area contributed by atoms with E-state index < -0.39 is 34.0 Å². The first-order valence-electron chi connectivity index (χ1n) is 13.3. The average molecular weight is 643 g/mol. The Labute approximate surface area is 248 Å². The van der Waals surface area contributed by atoms with Gasteiger partial charge in [0, 0.05) is 23.1 Å². The molecule has 0 spiro atoms. The predicted octanol–water partition coefficient (Wildman–Crippen LogP) is 4.29. The van der Waals surface area contributed by atoms with Crippen molar-refractivity contribution in [2.75, 3.05) is 18.5 Å². The van der Waals surface area contributed by atoms with Crippen LogP contribution < -0.4 is 10.6 Å². The van der Waals surface area contributed by atoms with Crippen LogP contribution in [0.2, 0.25) is 0 Å². The van der Waals surface area contributed by atoms with E-state index in [9.17, 15) is 22.8 Å². The van der Waals surface area contributed by atoms with E-state index in [0.717, 1.165) is 5.56 Å². The standard InChI is InChI=1S/C30H32BrN3O6S/c1-2-40-30(37)26(19-21-14-16-23(17-15-21)32-28(35)24-11-6-7-12-25(24)31)33-29(36)27-13-8-18-34(27)41(38,39)20-22-9-4-3-5-10-22/h3-7,9-12,14-17,26-27H,2,8,13,18-20H2,1H3,(H,32,35)(H,33,36)/t26-,27-/m0/s1. The molecule has 3 aromatic rings. The van der Waals surface area contributed by atoms with Gasteiger partial charge in [0.15, 0.2) is 0 Å². The Morgan fingerprint density at radius 1 is 0.976 bits per heavy atom. The van der Waals surface area contributed by atoms with E-state index in [0.29, 0.717) is 34.1 Å². The van der Waals surface area contributed by atoms with E-state index in [1.165, 1.54) is 4.31 Å². The number of nitrogens with zero attached hydrogens (tertiary/aromatic N) is 1. The lowest BCUT2D eigenvalue weighted by atomic mass is 10.0. The summed E-state index contributed by atoms with van der Waals surface area (Å²) in [5, 5.41) is 5.57. The monoisotopic (exact) mass is 641 g/mol. The van der Waals surface area contributed by atoms with Crippen LogP contribution in [0, 0.1) is 0 Å². The predicted molar refractivity (Wildman–Crippen MR) is 160 cm³/mol. The van der Waals surface area contributed by atoms with Crippen LogP contribution in [0.5, 0.6) is 0 Å². The fourth-order valence-electron chi connectivity index (χ4n) is 4.71. The lowest BCUT2D eigenvalue weighted by Crippen LogP contribution is -2.52. The van der Waals surface area contributed by atoms with E-state index in [4.69, 9.17) is 4.74 Å². The van der Waals surface area contributed by atoms with Crippen LogP contribution in [0.4, 0.5) is 5.69 Å². The van der Waals surface area contributed by atoms with Crippen molar-refractivity contribution in [2.24, 2.45) is 0 Å². The van der Waals surface area contributed by atoms with E-state index in [1.54, 1.807) is 73.7 Å². The smallest absolute Gasteiger partial charge is 0.328 e. The van der Waals surface area contributed by atoms with Crippen LogP contribution in [0.1, 0.15) is 41.3 Å². The van der Waals surface area contributed by atoms with Gasteiger partial charge in [0.2, 0.25) is 15.9 Å². The first-order chi connectivity index (χ1) is 19.7. The Bertz CT molecular complexity index is 1480. The Kier molecular flexibility index (Phi) is 10.3. The number of esters is 1. The molecule has 0 saturated carbocycles. The molecular weight excluding hydrogens is 610 g/mol. The maximum Gasteiger partial charge on any atom is 0.328 e. The molecule has 1 saturated heterocycles. The highest BCUT2D eigenvalue weighted by Crippen LogP contribution is 2.24. The van der Waals surface area contributed by atoms with Gasteiger partial charge in [-0.05, 0) is 71.1 Å². The van der Waals surface area contributed by atoms with Crippen LogP contribution in [0.3, 0.4) is 0 Å². The molecule has 9 nitrogen and oxygen atoms in total.